The summed E-state index contributed by atoms with van der Waals surface area (Å²) in [5.41, 5.74) is 0.761. The number of benzene rings is 1. The average Bonchev–Trinajstić information content (AvgIpc) is 2.79. The predicted octanol–water partition coefficient (Wildman–Crippen LogP) is 4.05. The first-order chi connectivity index (χ1) is 8.54. The van der Waals surface area contributed by atoms with Crippen LogP contribution in [0.1, 0.15) is 18.7 Å². The Kier molecular flexibility index (Phi) is 3.83. The van der Waals surface area contributed by atoms with E-state index in [1.165, 1.54) is 10.9 Å². The van der Waals surface area contributed by atoms with Crippen LogP contribution in [0.5, 0.6) is 0 Å². The van der Waals surface area contributed by atoms with Gasteiger partial charge in [0, 0.05) is 27.3 Å². The summed E-state index contributed by atoms with van der Waals surface area (Å²) in [5, 5.41) is 3.20. The molecule has 0 aliphatic carbocycles. The highest BCUT2D eigenvalue weighted by molar-refractivity contribution is 7.15. The van der Waals surface area contributed by atoms with E-state index in [2.05, 4.69) is 25.2 Å². The molecule has 0 bridgehead atoms. The van der Waals surface area contributed by atoms with E-state index in [0.29, 0.717) is 5.56 Å². The number of thiophene rings is 1. The molecule has 2 aromatic rings. The summed E-state index contributed by atoms with van der Waals surface area (Å²) in [6.07, 6.45) is 0. The summed E-state index contributed by atoms with van der Waals surface area (Å²) in [4.78, 5) is 2.27. The molecule has 0 aliphatic rings. The van der Waals surface area contributed by atoms with Gasteiger partial charge in [-0.05, 0) is 25.2 Å². The molecule has 1 N–H and O–H groups in total. The van der Waals surface area contributed by atoms with Gasteiger partial charge in [-0.25, -0.2) is 4.39 Å². The molecule has 1 heterocycles. The molecule has 2 rings (SSSR count). The van der Waals surface area contributed by atoms with Crippen molar-refractivity contribution in [2.75, 3.05) is 13.6 Å². The minimum Gasteiger partial charge on any atom is -0.319 e. The van der Waals surface area contributed by atoms with Crippen LogP contribution in [-0.2, 0) is 5.41 Å². The van der Waals surface area contributed by atoms with Crippen molar-refractivity contribution >= 4 is 11.3 Å². The van der Waals surface area contributed by atoms with Crippen molar-refractivity contribution in [3.63, 3.8) is 0 Å². The number of halogens is 1. The Morgan fingerprint density at radius 1 is 1.17 bits per heavy atom. The minimum absolute atomic E-state index is 0.0723. The van der Waals surface area contributed by atoms with Crippen LogP contribution in [0.2, 0.25) is 0 Å². The Bertz CT molecular complexity index is 531. The third-order valence-electron chi connectivity index (χ3n) is 3.03. The van der Waals surface area contributed by atoms with Crippen LogP contribution in [0, 0.1) is 5.82 Å². The van der Waals surface area contributed by atoms with Gasteiger partial charge in [0.25, 0.3) is 0 Å². The predicted molar refractivity (Wildman–Crippen MR) is 76.7 cm³/mol. The van der Waals surface area contributed by atoms with E-state index in [1.807, 2.05) is 25.2 Å². The quantitative estimate of drug-likeness (QED) is 0.877. The summed E-state index contributed by atoms with van der Waals surface area (Å²) in [6, 6.07) is 11.0. The number of hydrogen-bond acceptors (Lipinski definition) is 2. The van der Waals surface area contributed by atoms with Crippen molar-refractivity contribution in [2.45, 2.75) is 19.3 Å². The van der Waals surface area contributed by atoms with Crippen LogP contribution in [0.25, 0.3) is 10.4 Å². The van der Waals surface area contributed by atoms with Gasteiger partial charge in [0.05, 0.1) is 0 Å². The van der Waals surface area contributed by atoms with Gasteiger partial charge in [0.15, 0.2) is 0 Å². The van der Waals surface area contributed by atoms with Crippen LogP contribution in [0.15, 0.2) is 36.4 Å². The monoisotopic (exact) mass is 263 g/mol. The first-order valence-electron chi connectivity index (χ1n) is 6.04. The second-order valence-electron chi connectivity index (χ2n) is 5.06. The molecule has 1 aromatic heterocycles. The molecule has 0 unspecified atom stereocenters. The molecule has 0 amide bonds. The molecule has 0 fully saturated rings. The Morgan fingerprint density at radius 3 is 2.56 bits per heavy atom. The lowest BCUT2D eigenvalue weighted by Gasteiger charge is -2.22. The zero-order chi connectivity index (χ0) is 13.2. The van der Waals surface area contributed by atoms with Crippen molar-refractivity contribution in [1.29, 1.82) is 0 Å². The molecular weight excluding hydrogens is 245 g/mol. The van der Waals surface area contributed by atoms with Crippen LogP contribution in [-0.4, -0.2) is 13.6 Å². The summed E-state index contributed by atoms with van der Waals surface area (Å²) >= 11 is 1.67. The van der Waals surface area contributed by atoms with Gasteiger partial charge in [-0.15, -0.1) is 11.3 Å². The Balaban J connectivity index is 2.34. The van der Waals surface area contributed by atoms with Crippen molar-refractivity contribution < 1.29 is 4.39 Å². The summed E-state index contributed by atoms with van der Waals surface area (Å²) < 4.78 is 13.7. The normalized spacial score (nSPS) is 11.8. The summed E-state index contributed by atoms with van der Waals surface area (Å²) in [6.45, 7) is 5.30. The zero-order valence-electron chi connectivity index (χ0n) is 11.0. The van der Waals surface area contributed by atoms with E-state index in [1.54, 1.807) is 17.4 Å². The maximum atomic E-state index is 13.7. The number of likely N-dealkylation sites (N-methyl/N-ethyl adjacent to an activating group) is 1. The Labute approximate surface area is 112 Å². The van der Waals surface area contributed by atoms with E-state index < -0.39 is 0 Å². The molecule has 0 aliphatic heterocycles. The molecule has 3 heteroatoms. The average molecular weight is 263 g/mol. The smallest absolute Gasteiger partial charge is 0.131 e. The molecule has 0 spiro atoms. The van der Waals surface area contributed by atoms with Crippen molar-refractivity contribution in [3.8, 4) is 10.4 Å². The molecule has 1 aromatic carbocycles. The van der Waals surface area contributed by atoms with E-state index in [4.69, 9.17) is 0 Å². The largest absolute Gasteiger partial charge is 0.319 e. The highest BCUT2D eigenvalue weighted by Crippen LogP contribution is 2.35. The van der Waals surface area contributed by atoms with Gasteiger partial charge in [-0.2, -0.15) is 0 Å². The standard InChI is InChI=1S/C15H18FNS/c1-15(2,10-17-3)14-9-8-13(18-14)11-6-4-5-7-12(11)16/h4-9,17H,10H2,1-3H3. The lowest BCUT2D eigenvalue weighted by molar-refractivity contribution is 0.503. The maximum Gasteiger partial charge on any atom is 0.131 e. The van der Waals surface area contributed by atoms with Gasteiger partial charge < -0.3 is 5.32 Å². The number of hydrogen-bond donors (Lipinski definition) is 1. The van der Waals surface area contributed by atoms with Gasteiger partial charge in [0.1, 0.15) is 5.82 Å². The molecular formula is C15H18FNS. The van der Waals surface area contributed by atoms with E-state index >= 15 is 0 Å². The summed E-state index contributed by atoms with van der Waals surface area (Å²) in [5.74, 6) is -0.155. The number of rotatable bonds is 4. The zero-order valence-corrected chi connectivity index (χ0v) is 11.8. The highest BCUT2D eigenvalue weighted by Gasteiger charge is 2.22. The Hall–Kier alpha value is -1.19. The Morgan fingerprint density at radius 2 is 1.89 bits per heavy atom. The van der Waals surface area contributed by atoms with Crippen molar-refractivity contribution in [3.05, 3.63) is 47.1 Å². The fourth-order valence-electron chi connectivity index (χ4n) is 2.04. The van der Waals surface area contributed by atoms with Crippen molar-refractivity contribution in [2.24, 2.45) is 0 Å². The minimum atomic E-state index is -0.155. The first kappa shape index (κ1) is 13.2. The second-order valence-corrected chi connectivity index (χ2v) is 6.14. The summed E-state index contributed by atoms with van der Waals surface area (Å²) in [7, 11) is 1.95. The fraction of sp³-hybridized carbons (Fsp3) is 0.333. The fourth-order valence-corrected chi connectivity index (χ4v) is 3.17. The lowest BCUT2D eigenvalue weighted by Crippen LogP contribution is -2.29. The molecule has 0 saturated carbocycles. The van der Waals surface area contributed by atoms with Gasteiger partial charge in [-0.3, -0.25) is 0 Å². The third kappa shape index (κ3) is 2.62. The highest BCUT2D eigenvalue weighted by atomic mass is 32.1. The SMILES string of the molecule is CNCC(C)(C)c1ccc(-c2ccccc2F)s1. The van der Waals surface area contributed by atoms with E-state index in [0.717, 1.165) is 11.4 Å². The van der Waals surface area contributed by atoms with Crippen LogP contribution >= 0.6 is 11.3 Å². The molecule has 96 valence electrons. The van der Waals surface area contributed by atoms with E-state index in [-0.39, 0.29) is 11.2 Å². The molecule has 0 radical (unpaired) electrons. The topological polar surface area (TPSA) is 12.0 Å². The first-order valence-corrected chi connectivity index (χ1v) is 6.86. The van der Waals surface area contributed by atoms with Gasteiger partial charge in [-0.1, -0.05) is 32.0 Å². The second kappa shape index (κ2) is 5.21. The van der Waals surface area contributed by atoms with Gasteiger partial charge in [0.2, 0.25) is 0 Å². The molecule has 0 atom stereocenters. The molecule has 18 heavy (non-hydrogen) atoms. The maximum absolute atomic E-state index is 13.7. The van der Waals surface area contributed by atoms with Crippen LogP contribution in [0.3, 0.4) is 0 Å². The molecule has 1 nitrogen and oxygen atoms in total. The van der Waals surface area contributed by atoms with Crippen LogP contribution in [0.4, 0.5) is 4.39 Å². The van der Waals surface area contributed by atoms with Gasteiger partial charge >= 0.3 is 0 Å². The third-order valence-corrected chi connectivity index (χ3v) is 4.52. The van der Waals surface area contributed by atoms with E-state index in [9.17, 15) is 4.39 Å². The van der Waals surface area contributed by atoms with Crippen molar-refractivity contribution in [1.82, 2.24) is 5.32 Å². The van der Waals surface area contributed by atoms with Crippen LogP contribution < -0.4 is 5.32 Å². The molecule has 0 saturated heterocycles. The number of nitrogens with one attached hydrogen (secondary N) is 1. The lowest BCUT2D eigenvalue weighted by atomic mass is 9.91.